The molecule has 5 heteroatoms. The number of aromatic nitrogens is 2. The normalized spacial score (nSPS) is 19.5. The fourth-order valence-corrected chi connectivity index (χ4v) is 4.66. The summed E-state index contributed by atoms with van der Waals surface area (Å²) in [4.78, 5) is 6.76. The summed E-state index contributed by atoms with van der Waals surface area (Å²) in [6, 6.07) is 7.50. The largest absolute Gasteiger partial charge is 0.334 e. The maximum absolute atomic E-state index is 14.4. The third kappa shape index (κ3) is 4.96. The first-order valence-corrected chi connectivity index (χ1v) is 9.95. The third-order valence-electron chi connectivity index (χ3n) is 5.52. The highest BCUT2D eigenvalue weighted by atomic mass is 19.1. The Balaban J connectivity index is 1.90. The van der Waals surface area contributed by atoms with Gasteiger partial charge in [-0.15, -0.1) is 0 Å². The van der Waals surface area contributed by atoms with Crippen LogP contribution in [0.4, 0.5) is 4.39 Å². The van der Waals surface area contributed by atoms with Gasteiger partial charge in [0.05, 0.1) is 12.0 Å². The van der Waals surface area contributed by atoms with Crippen molar-refractivity contribution >= 4 is 0 Å². The Morgan fingerprint density at radius 1 is 1.15 bits per heavy atom. The number of imidazole rings is 1. The highest BCUT2D eigenvalue weighted by Crippen LogP contribution is 2.33. The summed E-state index contributed by atoms with van der Waals surface area (Å²) in [5, 5.41) is 3.76. The van der Waals surface area contributed by atoms with E-state index in [1.165, 1.54) is 5.69 Å². The monoisotopic (exact) mass is 372 g/mol. The lowest BCUT2D eigenvalue weighted by Crippen LogP contribution is -2.62. The summed E-state index contributed by atoms with van der Waals surface area (Å²) in [7, 11) is 0. The van der Waals surface area contributed by atoms with Crippen LogP contribution in [-0.4, -0.2) is 31.6 Å². The fraction of sp³-hybridized carbons (Fsp3) is 0.591. The lowest BCUT2D eigenvalue weighted by molar-refractivity contribution is 0.0543. The van der Waals surface area contributed by atoms with Crippen molar-refractivity contribution in [2.24, 2.45) is 0 Å². The number of nitrogens with one attached hydrogen (secondary N) is 1. The molecule has 0 radical (unpaired) electrons. The van der Waals surface area contributed by atoms with E-state index in [1.807, 2.05) is 24.7 Å². The SMILES string of the molecule is CCn1cncc1CN(Cc1ccccc1F)C1CC(C)(C)NC(C)(C)C1. The number of hydrogen-bond acceptors (Lipinski definition) is 3. The number of benzene rings is 1. The van der Waals surface area contributed by atoms with Gasteiger partial charge in [-0.25, -0.2) is 9.37 Å². The molecule has 0 aliphatic carbocycles. The molecule has 2 aromatic rings. The Hall–Kier alpha value is -1.72. The molecule has 1 fully saturated rings. The standard InChI is InChI=1S/C22H33FN4/c1-6-26-16-24-13-19(26)15-27(14-17-9-7-8-10-20(17)23)18-11-21(2,3)25-22(4,5)12-18/h7-10,13,16,18,25H,6,11-12,14-15H2,1-5H3. The van der Waals surface area contributed by atoms with Gasteiger partial charge in [0.25, 0.3) is 0 Å². The molecular weight excluding hydrogens is 339 g/mol. The van der Waals surface area contributed by atoms with E-state index in [-0.39, 0.29) is 16.9 Å². The minimum absolute atomic E-state index is 0.0465. The topological polar surface area (TPSA) is 33.1 Å². The predicted octanol–water partition coefficient (Wildman–Crippen LogP) is 4.35. The molecule has 0 spiro atoms. The molecule has 1 N–H and O–H groups in total. The summed E-state index contributed by atoms with van der Waals surface area (Å²) in [6.45, 7) is 13.5. The second-order valence-corrected chi connectivity index (χ2v) is 9.12. The van der Waals surface area contributed by atoms with Crippen LogP contribution in [0.1, 0.15) is 58.7 Å². The molecule has 4 nitrogen and oxygen atoms in total. The summed E-state index contributed by atoms with van der Waals surface area (Å²) in [6.07, 6.45) is 5.89. The number of hydrogen-bond donors (Lipinski definition) is 1. The van der Waals surface area contributed by atoms with Crippen molar-refractivity contribution in [3.05, 3.63) is 53.9 Å². The molecular formula is C22H33FN4. The van der Waals surface area contributed by atoms with Crippen LogP contribution in [0.3, 0.4) is 0 Å². The Bertz CT molecular complexity index is 749. The first kappa shape index (κ1) is 20.0. The number of halogens is 1. The number of piperidine rings is 1. The lowest BCUT2D eigenvalue weighted by atomic mass is 9.79. The van der Waals surface area contributed by atoms with E-state index in [9.17, 15) is 4.39 Å². The van der Waals surface area contributed by atoms with Crippen LogP contribution in [0.5, 0.6) is 0 Å². The van der Waals surface area contributed by atoms with Crippen LogP contribution in [0.2, 0.25) is 0 Å². The molecule has 148 valence electrons. The van der Waals surface area contributed by atoms with Crippen molar-refractivity contribution in [3.8, 4) is 0 Å². The number of nitrogens with zero attached hydrogens (tertiary/aromatic N) is 3. The molecule has 0 saturated carbocycles. The van der Waals surface area contributed by atoms with E-state index < -0.39 is 0 Å². The second-order valence-electron chi connectivity index (χ2n) is 9.12. The molecule has 0 unspecified atom stereocenters. The van der Waals surface area contributed by atoms with Crippen LogP contribution in [0.15, 0.2) is 36.8 Å². The van der Waals surface area contributed by atoms with E-state index in [4.69, 9.17) is 0 Å². The maximum atomic E-state index is 14.4. The van der Waals surface area contributed by atoms with E-state index >= 15 is 0 Å². The molecule has 1 aliphatic heterocycles. The molecule has 1 aromatic heterocycles. The fourth-order valence-electron chi connectivity index (χ4n) is 4.66. The summed E-state index contributed by atoms with van der Waals surface area (Å²) >= 11 is 0. The lowest BCUT2D eigenvalue weighted by Gasteiger charge is -2.49. The summed E-state index contributed by atoms with van der Waals surface area (Å²) in [5.74, 6) is -0.126. The molecule has 1 saturated heterocycles. The van der Waals surface area contributed by atoms with Gasteiger partial charge < -0.3 is 9.88 Å². The van der Waals surface area contributed by atoms with Crippen molar-refractivity contribution in [3.63, 3.8) is 0 Å². The maximum Gasteiger partial charge on any atom is 0.127 e. The van der Waals surface area contributed by atoms with E-state index in [1.54, 1.807) is 12.1 Å². The van der Waals surface area contributed by atoms with Gasteiger partial charge in [0.1, 0.15) is 5.82 Å². The Morgan fingerprint density at radius 2 is 1.81 bits per heavy atom. The van der Waals surface area contributed by atoms with Gasteiger partial charge in [-0.1, -0.05) is 18.2 Å². The van der Waals surface area contributed by atoms with Crippen molar-refractivity contribution in [2.45, 2.75) is 84.2 Å². The van der Waals surface area contributed by atoms with Crippen molar-refractivity contribution in [2.75, 3.05) is 0 Å². The summed E-state index contributed by atoms with van der Waals surface area (Å²) in [5.41, 5.74) is 2.03. The zero-order valence-corrected chi connectivity index (χ0v) is 17.3. The van der Waals surface area contributed by atoms with E-state index in [2.05, 4.69) is 54.4 Å². The van der Waals surface area contributed by atoms with Crippen molar-refractivity contribution < 1.29 is 4.39 Å². The average Bonchev–Trinajstić information content (AvgIpc) is 3.00. The van der Waals surface area contributed by atoms with Crippen LogP contribution in [0.25, 0.3) is 0 Å². The van der Waals surface area contributed by atoms with Crippen molar-refractivity contribution in [1.29, 1.82) is 0 Å². The van der Waals surface area contributed by atoms with Crippen LogP contribution in [0, 0.1) is 5.82 Å². The number of aryl methyl sites for hydroxylation is 1. The highest BCUT2D eigenvalue weighted by molar-refractivity contribution is 5.18. The molecule has 27 heavy (non-hydrogen) atoms. The van der Waals surface area contributed by atoms with Gasteiger partial charge in [-0.05, 0) is 53.5 Å². The van der Waals surface area contributed by atoms with Crippen LogP contribution < -0.4 is 5.32 Å². The van der Waals surface area contributed by atoms with Gasteiger partial charge in [-0.2, -0.15) is 0 Å². The van der Waals surface area contributed by atoms with Gasteiger partial charge in [0.15, 0.2) is 0 Å². The zero-order chi connectivity index (χ0) is 19.7. The first-order valence-electron chi connectivity index (χ1n) is 9.95. The average molecular weight is 373 g/mol. The minimum atomic E-state index is -0.126. The molecule has 2 heterocycles. The molecule has 0 amide bonds. The van der Waals surface area contributed by atoms with E-state index in [0.717, 1.165) is 31.5 Å². The Morgan fingerprint density at radius 3 is 2.44 bits per heavy atom. The zero-order valence-electron chi connectivity index (χ0n) is 17.3. The Kier molecular flexibility index (Phi) is 5.73. The molecule has 1 aromatic carbocycles. The van der Waals surface area contributed by atoms with Gasteiger partial charge >= 0.3 is 0 Å². The Labute approximate surface area is 162 Å². The van der Waals surface area contributed by atoms with Crippen molar-refractivity contribution in [1.82, 2.24) is 19.8 Å². The third-order valence-corrected chi connectivity index (χ3v) is 5.52. The van der Waals surface area contributed by atoms with Gasteiger partial charge in [0.2, 0.25) is 0 Å². The second kappa shape index (κ2) is 7.72. The first-order chi connectivity index (χ1) is 12.7. The minimum Gasteiger partial charge on any atom is -0.334 e. The molecule has 0 bridgehead atoms. The highest BCUT2D eigenvalue weighted by Gasteiger charge is 2.40. The quantitative estimate of drug-likeness (QED) is 0.818. The smallest absolute Gasteiger partial charge is 0.127 e. The van der Waals surface area contributed by atoms with Gasteiger partial charge in [0, 0.05) is 48.5 Å². The van der Waals surface area contributed by atoms with Gasteiger partial charge in [-0.3, -0.25) is 4.90 Å². The molecule has 1 aliphatic rings. The van der Waals surface area contributed by atoms with Crippen LogP contribution >= 0.6 is 0 Å². The van der Waals surface area contributed by atoms with E-state index in [0.29, 0.717) is 12.6 Å². The number of rotatable bonds is 6. The molecule has 3 rings (SSSR count). The van der Waals surface area contributed by atoms with Crippen LogP contribution in [-0.2, 0) is 19.6 Å². The molecule has 0 atom stereocenters. The predicted molar refractivity (Wildman–Crippen MR) is 108 cm³/mol. The summed E-state index contributed by atoms with van der Waals surface area (Å²) < 4.78 is 16.6.